The van der Waals surface area contributed by atoms with Gasteiger partial charge in [0.1, 0.15) is 11.0 Å². The van der Waals surface area contributed by atoms with E-state index < -0.39 is 6.04 Å². The molecule has 41 heavy (non-hydrogen) atoms. The molecule has 5 rings (SSSR count). The van der Waals surface area contributed by atoms with Crippen molar-refractivity contribution < 1.29 is 4.79 Å². The van der Waals surface area contributed by atoms with Crippen LogP contribution in [-0.4, -0.2) is 30.2 Å². The Morgan fingerprint density at radius 3 is 2.71 bits per heavy atom. The molecule has 13 heteroatoms. The number of nitrogens with one attached hydrogen (secondary N) is 1. The highest BCUT2D eigenvalue weighted by molar-refractivity contribution is 6.31. The number of hydrazine groups is 1. The molecule has 0 spiro atoms. The first-order valence-corrected chi connectivity index (χ1v) is 13.7. The molecule has 1 aliphatic rings. The molecule has 4 aromatic rings. The Kier molecular flexibility index (Phi) is 8.11. The van der Waals surface area contributed by atoms with Crippen LogP contribution in [0.3, 0.4) is 0 Å². The standard InChI is InChI=1S/C28H29Cl2N9O2/c1-16-4-3-5-24(22-12-19(8-9-33-22)39-26(35-28(16)41)10-17(2)36-39)37-15-34-21(13-27(37)40)20-11-18(29)6-7-23(20)38(32)14-25(30)31/h6-16,24H,3-5,31-32H2,1-2H3,(H,35,41)/b25-14-/t16-,24+/m1/s1. The minimum absolute atomic E-state index is 0.0156. The Balaban J connectivity index is 1.58. The van der Waals surface area contributed by atoms with E-state index >= 15 is 0 Å². The second-order valence-electron chi connectivity index (χ2n) is 9.96. The highest BCUT2D eigenvalue weighted by Gasteiger charge is 2.23. The highest BCUT2D eigenvalue weighted by atomic mass is 35.5. The Labute approximate surface area is 246 Å². The van der Waals surface area contributed by atoms with Gasteiger partial charge in [-0.1, -0.05) is 36.5 Å². The first kappa shape index (κ1) is 28.3. The lowest BCUT2D eigenvalue weighted by molar-refractivity contribution is -0.119. The van der Waals surface area contributed by atoms with Crippen LogP contribution in [0.4, 0.5) is 11.5 Å². The molecule has 0 saturated carbocycles. The number of nitrogens with two attached hydrogens (primary N) is 2. The van der Waals surface area contributed by atoms with Crippen LogP contribution >= 0.6 is 23.2 Å². The molecule has 0 saturated heterocycles. The maximum atomic E-state index is 13.6. The molecule has 2 atom stereocenters. The molecular formula is C28H29Cl2N9O2. The van der Waals surface area contributed by atoms with Crippen molar-refractivity contribution in [3.8, 4) is 16.9 Å². The van der Waals surface area contributed by atoms with Crippen molar-refractivity contribution >= 4 is 40.6 Å². The van der Waals surface area contributed by atoms with E-state index in [0.29, 0.717) is 58.4 Å². The summed E-state index contributed by atoms with van der Waals surface area (Å²) in [6.45, 7) is 3.75. The number of aryl methyl sites for hydroxylation is 1. The number of hydrogen-bond donors (Lipinski definition) is 3. The Bertz CT molecular complexity index is 1690. The molecule has 0 radical (unpaired) electrons. The highest BCUT2D eigenvalue weighted by Crippen LogP contribution is 2.32. The number of carbonyl (C=O) groups is 1. The topological polar surface area (TPSA) is 150 Å². The number of aromatic nitrogens is 5. The first-order chi connectivity index (χ1) is 19.6. The van der Waals surface area contributed by atoms with Gasteiger partial charge in [0.2, 0.25) is 5.91 Å². The van der Waals surface area contributed by atoms with E-state index in [1.807, 2.05) is 32.0 Å². The average Bonchev–Trinajstić information content (AvgIpc) is 3.30. The summed E-state index contributed by atoms with van der Waals surface area (Å²) >= 11 is 12.1. The number of amides is 1. The maximum Gasteiger partial charge on any atom is 0.254 e. The van der Waals surface area contributed by atoms with Gasteiger partial charge in [0.25, 0.3) is 5.56 Å². The van der Waals surface area contributed by atoms with Crippen LogP contribution in [0.2, 0.25) is 5.02 Å². The number of benzene rings is 1. The molecule has 1 aromatic carbocycles. The summed E-state index contributed by atoms with van der Waals surface area (Å²) in [4.78, 5) is 35.8. The second-order valence-corrected chi connectivity index (χ2v) is 10.8. The van der Waals surface area contributed by atoms with Gasteiger partial charge in [0.05, 0.1) is 47.0 Å². The fraction of sp³-hybridized carbons (Fsp3) is 0.250. The van der Waals surface area contributed by atoms with Crippen molar-refractivity contribution in [1.82, 2.24) is 24.3 Å². The molecule has 11 nitrogen and oxygen atoms in total. The number of fused-ring (bicyclic) bond motifs is 4. The number of halogens is 2. The lowest BCUT2D eigenvalue weighted by atomic mass is 9.98. The van der Waals surface area contributed by atoms with E-state index in [1.54, 1.807) is 33.6 Å². The van der Waals surface area contributed by atoms with Crippen molar-refractivity contribution in [2.24, 2.45) is 17.5 Å². The van der Waals surface area contributed by atoms with Gasteiger partial charge < -0.3 is 11.1 Å². The second kappa shape index (κ2) is 11.7. The molecule has 1 aliphatic heterocycles. The largest absolute Gasteiger partial charge is 0.388 e. The predicted octanol–water partition coefficient (Wildman–Crippen LogP) is 4.48. The Morgan fingerprint density at radius 2 is 1.95 bits per heavy atom. The number of pyridine rings is 1. The van der Waals surface area contributed by atoms with Crippen molar-refractivity contribution in [3.05, 3.63) is 93.1 Å². The normalized spacial score (nSPS) is 17.7. The van der Waals surface area contributed by atoms with Crippen LogP contribution in [0.15, 0.2) is 71.1 Å². The monoisotopic (exact) mass is 593 g/mol. The van der Waals surface area contributed by atoms with E-state index in [1.165, 1.54) is 23.6 Å². The van der Waals surface area contributed by atoms with Gasteiger partial charge in [0.15, 0.2) is 0 Å². The van der Waals surface area contributed by atoms with Crippen LogP contribution < -0.4 is 27.5 Å². The fourth-order valence-corrected chi connectivity index (χ4v) is 5.17. The predicted molar refractivity (Wildman–Crippen MR) is 160 cm³/mol. The van der Waals surface area contributed by atoms with E-state index in [2.05, 4.69) is 20.4 Å². The number of carbonyl (C=O) groups excluding carboxylic acids is 1. The van der Waals surface area contributed by atoms with Crippen LogP contribution in [0.1, 0.15) is 43.6 Å². The third kappa shape index (κ3) is 6.12. The zero-order valence-electron chi connectivity index (χ0n) is 22.5. The van der Waals surface area contributed by atoms with E-state index in [4.69, 9.17) is 34.8 Å². The Hall–Kier alpha value is -4.19. The lowest BCUT2D eigenvalue weighted by Gasteiger charge is -2.23. The summed E-state index contributed by atoms with van der Waals surface area (Å²) < 4.78 is 3.23. The maximum absolute atomic E-state index is 13.6. The lowest BCUT2D eigenvalue weighted by Crippen LogP contribution is -2.28. The van der Waals surface area contributed by atoms with Crippen molar-refractivity contribution in [2.45, 2.75) is 39.2 Å². The summed E-state index contributed by atoms with van der Waals surface area (Å²) in [5.74, 6) is 6.39. The van der Waals surface area contributed by atoms with Crippen LogP contribution in [-0.2, 0) is 4.79 Å². The van der Waals surface area contributed by atoms with Crippen molar-refractivity contribution in [1.29, 1.82) is 0 Å². The zero-order valence-corrected chi connectivity index (χ0v) is 24.0. The van der Waals surface area contributed by atoms with Crippen molar-refractivity contribution in [2.75, 3.05) is 10.3 Å². The summed E-state index contributed by atoms with van der Waals surface area (Å²) in [6.07, 6.45) is 6.39. The van der Waals surface area contributed by atoms with E-state index in [-0.39, 0.29) is 22.5 Å². The molecule has 0 aliphatic carbocycles. The quantitative estimate of drug-likeness (QED) is 0.178. The number of hydrogen-bond acceptors (Lipinski definition) is 8. The summed E-state index contributed by atoms with van der Waals surface area (Å²) in [6, 6.07) is 11.5. The van der Waals surface area contributed by atoms with Gasteiger partial charge in [0, 0.05) is 34.8 Å². The van der Waals surface area contributed by atoms with Gasteiger partial charge in [-0.2, -0.15) is 5.10 Å². The van der Waals surface area contributed by atoms with Gasteiger partial charge in [-0.15, -0.1) is 0 Å². The SMILES string of the molecule is Cc1cc2n(n1)-c1ccnc(c1)[C@@H](n1cnc(-c3cc(Cl)ccc3N(N)/C=C(\N)Cl)cc1=O)CCC[C@@H](C)C(=O)N2. The molecule has 5 N–H and O–H groups in total. The molecular weight excluding hydrogens is 565 g/mol. The summed E-state index contributed by atoms with van der Waals surface area (Å²) in [5.41, 5.74) is 8.85. The molecule has 0 fully saturated rings. The van der Waals surface area contributed by atoms with Gasteiger partial charge in [-0.3, -0.25) is 24.1 Å². The number of rotatable bonds is 4. The minimum atomic E-state index is -0.428. The van der Waals surface area contributed by atoms with Gasteiger partial charge >= 0.3 is 0 Å². The zero-order chi connectivity index (χ0) is 29.3. The molecule has 4 heterocycles. The van der Waals surface area contributed by atoms with E-state index in [9.17, 15) is 9.59 Å². The third-order valence-corrected chi connectivity index (χ3v) is 7.28. The van der Waals surface area contributed by atoms with Gasteiger partial charge in [-0.25, -0.2) is 15.5 Å². The fourth-order valence-electron chi connectivity index (χ4n) is 4.90. The molecule has 212 valence electrons. The van der Waals surface area contributed by atoms with Crippen LogP contribution in [0.25, 0.3) is 16.9 Å². The minimum Gasteiger partial charge on any atom is -0.388 e. The third-order valence-electron chi connectivity index (χ3n) is 6.94. The summed E-state index contributed by atoms with van der Waals surface area (Å²) in [5, 5.41) is 9.23. The van der Waals surface area contributed by atoms with Crippen LogP contribution in [0, 0.1) is 12.8 Å². The molecule has 2 bridgehead atoms. The van der Waals surface area contributed by atoms with Crippen molar-refractivity contribution in [3.63, 3.8) is 0 Å². The number of anilines is 2. The molecule has 0 unspecified atom stereocenters. The number of nitrogens with zero attached hydrogens (tertiary/aromatic N) is 6. The van der Waals surface area contributed by atoms with E-state index in [0.717, 1.165) is 5.69 Å². The van der Waals surface area contributed by atoms with Gasteiger partial charge in [-0.05, 0) is 50.1 Å². The molecule has 1 amide bonds. The summed E-state index contributed by atoms with van der Waals surface area (Å²) in [7, 11) is 0. The Morgan fingerprint density at radius 1 is 1.15 bits per heavy atom. The molecule has 3 aromatic heterocycles. The average molecular weight is 595 g/mol. The first-order valence-electron chi connectivity index (χ1n) is 13.0. The van der Waals surface area contributed by atoms with Crippen LogP contribution in [0.5, 0.6) is 0 Å². The smallest absolute Gasteiger partial charge is 0.254 e.